The summed E-state index contributed by atoms with van der Waals surface area (Å²) in [5.74, 6) is 0. The largest absolute Gasteiger partial charge is 0.273 e. The SMILES string of the molecule is O=c1c2ccccc2sn1-c1ccc(Cl)cc1I. The topological polar surface area (TPSA) is 22.0 Å². The number of aromatic nitrogens is 1. The first-order chi connectivity index (χ1) is 8.66. The molecule has 0 bridgehead atoms. The van der Waals surface area contributed by atoms with Crippen LogP contribution in [-0.4, -0.2) is 3.96 Å². The fraction of sp³-hybridized carbons (Fsp3) is 0. The Morgan fingerprint density at radius 3 is 2.67 bits per heavy atom. The summed E-state index contributed by atoms with van der Waals surface area (Å²) in [6.45, 7) is 0. The van der Waals surface area contributed by atoms with Gasteiger partial charge in [0.2, 0.25) is 0 Å². The summed E-state index contributed by atoms with van der Waals surface area (Å²) in [5.41, 5.74) is 0.905. The van der Waals surface area contributed by atoms with E-state index in [1.807, 2.05) is 36.4 Å². The average Bonchev–Trinajstić information content (AvgIpc) is 2.68. The lowest BCUT2D eigenvalue weighted by atomic mass is 10.3. The third kappa shape index (κ3) is 1.98. The van der Waals surface area contributed by atoms with Gasteiger partial charge in [-0.15, -0.1) is 0 Å². The van der Waals surface area contributed by atoms with E-state index in [0.29, 0.717) is 5.02 Å². The quantitative estimate of drug-likeness (QED) is 0.570. The highest BCUT2D eigenvalue weighted by atomic mass is 127. The summed E-state index contributed by atoms with van der Waals surface area (Å²) in [5, 5.41) is 1.44. The molecule has 1 aromatic heterocycles. The molecule has 0 spiro atoms. The zero-order valence-electron chi connectivity index (χ0n) is 9.06. The number of hydrogen-bond acceptors (Lipinski definition) is 2. The first-order valence-electron chi connectivity index (χ1n) is 5.23. The monoisotopic (exact) mass is 387 g/mol. The maximum absolute atomic E-state index is 12.3. The van der Waals surface area contributed by atoms with Crippen LogP contribution in [0.2, 0.25) is 5.02 Å². The molecule has 0 saturated carbocycles. The van der Waals surface area contributed by atoms with Crippen LogP contribution in [0.25, 0.3) is 15.8 Å². The van der Waals surface area contributed by atoms with E-state index >= 15 is 0 Å². The highest BCUT2D eigenvalue weighted by Crippen LogP contribution is 2.25. The van der Waals surface area contributed by atoms with Gasteiger partial charge >= 0.3 is 0 Å². The molecular formula is C13H7ClINOS. The molecule has 2 nitrogen and oxygen atoms in total. The fourth-order valence-electron chi connectivity index (χ4n) is 1.78. The molecule has 3 aromatic rings. The van der Waals surface area contributed by atoms with Crippen LogP contribution < -0.4 is 5.56 Å². The molecule has 0 amide bonds. The third-order valence-electron chi connectivity index (χ3n) is 2.62. The van der Waals surface area contributed by atoms with E-state index in [1.54, 1.807) is 10.0 Å². The van der Waals surface area contributed by atoms with Crippen molar-refractivity contribution in [1.29, 1.82) is 0 Å². The Morgan fingerprint density at radius 1 is 1.17 bits per heavy atom. The van der Waals surface area contributed by atoms with Gasteiger partial charge in [0.25, 0.3) is 5.56 Å². The molecule has 18 heavy (non-hydrogen) atoms. The molecule has 0 aliphatic rings. The zero-order valence-corrected chi connectivity index (χ0v) is 12.8. The number of hydrogen-bond donors (Lipinski definition) is 0. The summed E-state index contributed by atoms with van der Waals surface area (Å²) in [6, 6.07) is 13.2. The first kappa shape index (κ1) is 12.2. The number of nitrogens with zero attached hydrogens (tertiary/aromatic N) is 1. The van der Waals surface area contributed by atoms with E-state index in [4.69, 9.17) is 11.6 Å². The van der Waals surface area contributed by atoms with E-state index < -0.39 is 0 Å². The van der Waals surface area contributed by atoms with Crippen LogP contribution in [-0.2, 0) is 0 Å². The van der Waals surface area contributed by atoms with Crippen LogP contribution in [0.3, 0.4) is 0 Å². The van der Waals surface area contributed by atoms with E-state index in [9.17, 15) is 4.79 Å². The van der Waals surface area contributed by atoms with E-state index in [0.717, 1.165) is 19.3 Å². The summed E-state index contributed by atoms with van der Waals surface area (Å²) in [4.78, 5) is 12.3. The molecule has 0 unspecified atom stereocenters. The second-order valence-electron chi connectivity index (χ2n) is 3.78. The van der Waals surface area contributed by atoms with Crippen molar-refractivity contribution in [1.82, 2.24) is 3.96 Å². The molecular weight excluding hydrogens is 381 g/mol. The molecule has 0 radical (unpaired) electrons. The highest BCUT2D eigenvalue weighted by molar-refractivity contribution is 14.1. The van der Waals surface area contributed by atoms with Crippen LogP contribution in [0.5, 0.6) is 0 Å². The summed E-state index contributed by atoms with van der Waals surface area (Å²) in [7, 11) is 0. The Hall–Kier alpha value is -0.850. The molecule has 90 valence electrons. The molecule has 0 N–H and O–H groups in total. The van der Waals surface area contributed by atoms with E-state index in [1.165, 1.54) is 11.5 Å². The lowest BCUT2D eigenvalue weighted by Gasteiger charge is -2.03. The van der Waals surface area contributed by atoms with Gasteiger partial charge in [0.05, 0.1) is 15.8 Å². The molecule has 0 fully saturated rings. The van der Waals surface area contributed by atoms with Crippen molar-refractivity contribution >= 4 is 55.8 Å². The molecule has 1 heterocycles. The lowest BCUT2D eigenvalue weighted by Crippen LogP contribution is -2.11. The number of rotatable bonds is 1. The van der Waals surface area contributed by atoms with Gasteiger partial charge in [-0.1, -0.05) is 35.3 Å². The van der Waals surface area contributed by atoms with Gasteiger partial charge in [-0.3, -0.25) is 4.79 Å². The predicted molar refractivity (Wildman–Crippen MR) is 85.1 cm³/mol. The van der Waals surface area contributed by atoms with Gasteiger partial charge in [0.15, 0.2) is 0 Å². The maximum Gasteiger partial charge on any atom is 0.273 e. The summed E-state index contributed by atoms with van der Waals surface area (Å²) in [6.07, 6.45) is 0. The van der Waals surface area contributed by atoms with E-state index in [2.05, 4.69) is 22.6 Å². The predicted octanol–water partition coefficient (Wildman–Crippen LogP) is 4.31. The van der Waals surface area contributed by atoms with Gasteiger partial charge < -0.3 is 0 Å². The smallest absolute Gasteiger partial charge is 0.267 e. The molecule has 0 aliphatic carbocycles. The lowest BCUT2D eigenvalue weighted by molar-refractivity contribution is 1.13. The van der Waals surface area contributed by atoms with Crippen molar-refractivity contribution in [3.05, 3.63) is 61.4 Å². The van der Waals surface area contributed by atoms with Crippen molar-refractivity contribution in [2.45, 2.75) is 0 Å². The second-order valence-corrected chi connectivity index (χ2v) is 6.37. The zero-order chi connectivity index (χ0) is 12.7. The average molecular weight is 388 g/mol. The normalized spacial score (nSPS) is 11.0. The number of halogens is 2. The van der Waals surface area contributed by atoms with Crippen molar-refractivity contribution < 1.29 is 0 Å². The van der Waals surface area contributed by atoms with Gasteiger partial charge in [0, 0.05) is 8.59 Å². The standard InChI is InChI=1S/C13H7ClINOS/c14-8-5-6-11(10(15)7-8)16-13(17)9-3-1-2-4-12(9)18-16/h1-7H. The van der Waals surface area contributed by atoms with E-state index in [-0.39, 0.29) is 5.56 Å². The third-order valence-corrected chi connectivity index (χ3v) is 4.82. The minimum atomic E-state index is 0.0239. The summed E-state index contributed by atoms with van der Waals surface area (Å²) >= 11 is 9.58. The van der Waals surface area contributed by atoms with Crippen LogP contribution in [0.4, 0.5) is 0 Å². The minimum Gasteiger partial charge on any atom is -0.267 e. The number of benzene rings is 2. The van der Waals surface area contributed by atoms with Gasteiger partial charge in [-0.25, -0.2) is 3.96 Å². The van der Waals surface area contributed by atoms with Gasteiger partial charge in [0.1, 0.15) is 0 Å². The van der Waals surface area contributed by atoms with Crippen molar-refractivity contribution in [3.8, 4) is 5.69 Å². The van der Waals surface area contributed by atoms with Crippen LogP contribution in [0.15, 0.2) is 47.3 Å². The highest BCUT2D eigenvalue weighted by Gasteiger charge is 2.11. The van der Waals surface area contributed by atoms with Crippen molar-refractivity contribution in [2.75, 3.05) is 0 Å². The minimum absolute atomic E-state index is 0.0239. The van der Waals surface area contributed by atoms with Crippen LogP contribution >= 0.6 is 45.7 Å². The number of fused-ring (bicyclic) bond motifs is 1. The molecule has 3 rings (SSSR count). The van der Waals surface area contributed by atoms with Gasteiger partial charge in [-0.2, -0.15) is 0 Å². The first-order valence-corrected chi connectivity index (χ1v) is 7.46. The van der Waals surface area contributed by atoms with Crippen LogP contribution in [0, 0.1) is 3.57 Å². The van der Waals surface area contributed by atoms with Crippen molar-refractivity contribution in [2.24, 2.45) is 0 Å². The fourth-order valence-corrected chi connectivity index (χ4v) is 4.08. The van der Waals surface area contributed by atoms with Gasteiger partial charge in [-0.05, 0) is 52.9 Å². The molecule has 0 atom stereocenters. The Balaban J connectivity index is 2.32. The Bertz CT molecular complexity index is 793. The molecule has 0 aliphatic heterocycles. The summed E-state index contributed by atoms with van der Waals surface area (Å²) < 4.78 is 3.67. The molecule has 0 saturated heterocycles. The Kier molecular flexibility index (Phi) is 3.17. The molecule has 5 heteroatoms. The second kappa shape index (κ2) is 4.68. The van der Waals surface area contributed by atoms with Crippen molar-refractivity contribution in [3.63, 3.8) is 0 Å². The Morgan fingerprint density at radius 2 is 1.94 bits per heavy atom. The Labute approximate surface area is 126 Å². The van der Waals surface area contributed by atoms with Crippen LogP contribution in [0.1, 0.15) is 0 Å². The maximum atomic E-state index is 12.3. The molecule has 2 aromatic carbocycles.